The van der Waals surface area contributed by atoms with Gasteiger partial charge in [0, 0.05) is 57.3 Å². The number of carbonyl (C=O) groups is 1. The molecule has 2 aromatic heterocycles. The molecule has 1 fully saturated rings. The summed E-state index contributed by atoms with van der Waals surface area (Å²) >= 11 is 0. The number of amides is 1. The van der Waals surface area contributed by atoms with Gasteiger partial charge in [0.15, 0.2) is 0 Å². The molecule has 52 heavy (non-hydrogen) atoms. The Morgan fingerprint density at radius 3 is 2.10 bits per heavy atom. The van der Waals surface area contributed by atoms with Crippen LogP contribution in [0.25, 0.3) is 6.08 Å². The number of rotatable bonds is 14. The van der Waals surface area contributed by atoms with Crippen LogP contribution in [0.5, 0.6) is 17.4 Å². The molecule has 0 bridgehead atoms. The van der Waals surface area contributed by atoms with E-state index in [1.165, 1.54) is 22.3 Å². The Labute approximate surface area is 313 Å². The molecule has 6 rings (SSSR count). The van der Waals surface area contributed by atoms with E-state index >= 15 is 0 Å². The maximum Gasteiger partial charge on any atom is 0.246 e. The van der Waals surface area contributed by atoms with Gasteiger partial charge in [-0.3, -0.25) is 14.7 Å². The highest BCUT2D eigenvalue weighted by atomic mass is 35.5. The Morgan fingerprint density at radius 1 is 0.769 bits per heavy atom. The number of benzene rings is 3. The van der Waals surface area contributed by atoms with Gasteiger partial charge < -0.3 is 19.1 Å². The molecular weight excluding hydrogens is 672 g/mol. The van der Waals surface area contributed by atoms with Crippen molar-refractivity contribution in [3.05, 3.63) is 154 Å². The number of nitrogens with zero attached hydrogens (tertiary/aromatic N) is 4. The van der Waals surface area contributed by atoms with Gasteiger partial charge >= 0.3 is 0 Å². The first-order valence-corrected chi connectivity index (χ1v) is 17.6. The molecule has 8 nitrogen and oxygen atoms in total. The lowest BCUT2D eigenvalue weighted by molar-refractivity contribution is -0.127. The van der Waals surface area contributed by atoms with Gasteiger partial charge in [-0.15, -0.1) is 12.4 Å². The van der Waals surface area contributed by atoms with Gasteiger partial charge in [0.2, 0.25) is 11.8 Å². The Morgan fingerprint density at radius 2 is 1.42 bits per heavy atom. The van der Waals surface area contributed by atoms with Crippen molar-refractivity contribution in [2.24, 2.45) is 0 Å². The highest BCUT2D eigenvalue weighted by molar-refractivity contribution is 5.92. The molecule has 3 aromatic carbocycles. The average molecular weight is 719 g/mol. The van der Waals surface area contributed by atoms with Crippen molar-refractivity contribution in [3.63, 3.8) is 0 Å². The molecule has 0 aliphatic carbocycles. The third-order valence-electron chi connectivity index (χ3n) is 9.01. The summed E-state index contributed by atoms with van der Waals surface area (Å²) in [5.74, 6) is 1.94. The van der Waals surface area contributed by atoms with Gasteiger partial charge in [0.25, 0.3) is 0 Å². The third-order valence-corrected chi connectivity index (χ3v) is 9.01. The molecule has 0 N–H and O–H groups in total. The highest BCUT2D eigenvalue weighted by Crippen LogP contribution is 2.30. The Bertz CT molecular complexity index is 1870. The summed E-state index contributed by atoms with van der Waals surface area (Å²) in [5, 5.41) is 0. The van der Waals surface area contributed by atoms with Crippen LogP contribution in [0, 0.1) is 20.8 Å². The van der Waals surface area contributed by atoms with Crippen LogP contribution in [-0.2, 0) is 35.7 Å². The predicted octanol–water partition coefficient (Wildman–Crippen LogP) is 8.31. The predicted molar refractivity (Wildman–Crippen MR) is 208 cm³/mol. The zero-order valence-electron chi connectivity index (χ0n) is 30.2. The third kappa shape index (κ3) is 11.2. The minimum Gasteiger partial charge on any atom is -0.487 e. The van der Waals surface area contributed by atoms with Crippen LogP contribution < -0.4 is 9.47 Å². The number of pyridine rings is 2. The molecule has 1 saturated heterocycles. The van der Waals surface area contributed by atoms with E-state index in [1.54, 1.807) is 30.7 Å². The van der Waals surface area contributed by atoms with Crippen LogP contribution >= 0.6 is 12.4 Å². The number of carbonyl (C=O) groups excluding carboxylic acids is 1. The SMILES string of the molecule is Cc1ccc(COCCc2ccc(CN3CCN(C(=O)/C=C/c4cc(C)c(Oc5ccc(OCc6ccncc6)cn5)c(C)c4)CC3)cc2)cc1.Cl. The van der Waals surface area contributed by atoms with E-state index in [4.69, 9.17) is 14.2 Å². The Hall–Kier alpha value is -5.02. The quantitative estimate of drug-likeness (QED) is 0.0845. The lowest BCUT2D eigenvalue weighted by Crippen LogP contribution is -2.47. The topological polar surface area (TPSA) is 77.0 Å². The number of halogens is 1. The van der Waals surface area contributed by atoms with Crippen molar-refractivity contribution in [1.29, 1.82) is 0 Å². The van der Waals surface area contributed by atoms with Crippen molar-refractivity contribution in [2.45, 2.75) is 47.0 Å². The van der Waals surface area contributed by atoms with Crippen molar-refractivity contribution < 1.29 is 19.0 Å². The monoisotopic (exact) mass is 718 g/mol. The molecule has 0 unspecified atom stereocenters. The molecule has 0 spiro atoms. The minimum absolute atomic E-state index is 0. The molecule has 1 aliphatic rings. The molecule has 0 saturated carbocycles. The first-order valence-electron chi connectivity index (χ1n) is 17.6. The van der Waals surface area contributed by atoms with Gasteiger partial charge in [-0.1, -0.05) is 54.1 Å². The molecule has 270 valence electrons. The minimum atomic E-state index is 0. The molecule has 1 aliphatic heterocycles. The summed E-state index contributed by atoms with van der Waals surface area (Å²) in [6.45, 7) is 11.9. The fraction of sp³-hybridized carbons (Fsp3) is 0.279. The molecule has 9 heteroatoms. The van der Waals surface area contributed by atoms with E-state index in [9.17, 15) is 4.79 Å². The number of aryl methyl sites for hydroxylation is 3. The van der Waals surface area contributed by atoms with Gasteiger partial charge in [0.05, 0.1) is 19.4 Å². The lowest BCUT2D eigenvalue weighted by atomic mass is 10.1. The van der Waals surface area contributed by atoms with Crippen LogP contribution in [0.4, 0.5) is 0 Å². The fourth-order valence-electron chi connectivity index (χ4n) is 6.04. The smallest absolute Gasteiger partial charge is 0.246 e. The summed E-state index contributed by atoms with van der Waals surface area (Å²) in [4.78, 5) is 25.9. The Balaban J connectivity index is 0.00000523. The van der Waals surface area contributed by atoms with Gasteiger partial charge in [0.1, 0.15) is 18.1 Å². The van der Waals surface area contributed by atoms with Crippen LogP contribution in [0.2, 0.25) is 0 Å². The summed E-state index contributed by atoms with van der Waals surface area (Å²) in [6.07, 6.45) is 9.62. The number of piperazine rings is 1. The molecule has 0 atom stereocenters. The van der Waals surface area contributed by atoms with Gasteiger partial charge in [-0.05, 0) is 103 Å². The maximum atomic E-state index is 13.1. The van der Waals surface area contributed by atoms with E-state index in [0.717, 1.165) is 54.1 Å². The standard InChI is InChI=1S/C43H46N4O4.ClH/c1-32-4-6-37(7-5-32)30-49-25-18-35-8-10-36(11-9-35)29-46-21-23-47(24-22-46)42(48)15-12-39-26-33(2)43(34(3)27-39)51-41-14-13-40(28-45-41)50-31-38-16-19-44-20-17-38;/h4-17,19-20,26-28H,18,21-25,29-31H2,1-3H3;1H/b15-12+;. The first-order chi connectivity index (χ1) is 24.9. The van der Waals surface area contributed by atoms with Crippen molar-refractivity contribution >= 4 is 24.4 Å². The molecule has 1 amide bonds. The normalized spacial score (nSPS) is 13.2. The fourth-order valence-corrected chi connectivity index (χ4v) is 6.04. The number of hydrogen-bond donors (Lipinski definition) is 0. The van der Waals surface area contributed by atoms with E-state index in [2.05, 4.69) is 70.3 Å². The van der Waals surface area contributed by atoms with E-state index in [0.29, 0.717) is 44.5 Å². The van der Waals surface area contributed by atoms with Gasteiger partial charge in [-0.2, -0.15) is 0 Å². The molecule has 3 heterocycles. The van der Waals surface area contributed by atoms with Crippen LogP contribution in [0.1, 0.15) is 44.5 Å². The van der Waals surface area contributed by atoms with Crippen LogP contribution in [0.15, 0.2) is 110 Å². The summed E-state index contributed by atoms with van der Waals surface area (Å²) < 4.78 is 17.8. The Kier molecular flexibility index (Phi) is 14.0. The second kappa shape index (κ2) is 19.0. The second-order valence-corrected chi connectivity index (χ2v) is 13.1. The van der Waals surface area contributed by atoms with Crippen molar-refractivity contribution in [1.82, 2.24) is 19.8 Å². The van der Waals surface area contributed by atoms with Crippen LogP contribution in [-0.4, -0.2) is 58.5 Å². The molecular formula is C43H47ClN4O4. The average Bonchev–Trinajstić information content (AvgIpc) is 3.15. The van der Waals surface area contributed by atoms with Crippen molar-refractivity contribution in [2.75, 3.05) is 32.8 Å². The number of ether oxygens (including phenoxy) is 3. The summed E-state index contributed by atoms with van der Waals surface area (Å²) in [5.41, 5.74) is 8.97. The van der Waals surface area contributed by atoms with E-state index < -0.39 is 0 Å². The lowest BCUT2D eigenvalue weighted by Gasteiger charge is -2.34. The zero-order chi connectivity index (χ0) is 35.4. The van der Waals surface area contributed by atoms with E-state index in [-0.39, 0.29) is 18.3 Å². The largest absolute Gasteiger partial charge is 0.487 e. The molecule has 5 aromatic rings. The maximum absolute atomic E-state index is 13.1. The highest BCUT2D eigenvalue weighted by Gasteiger charge is 2.20. The number of aromatic nitrogens is 2. The summed E-state index contributed by atoms with van der Waals surface area (Å²) in [6, 6.07) is 28.9. The van der Waals surface area contributed by atoms with Gasteiger partial charge in [-0.25, -0.2) is 4.98 Å². The first kappa shape index (κ1) is 38.2. The van der Waals surface area contributed by atoms with Crippen molar-refractivity contribution in [3.8, 4) is 17.4 Å². The molecule has 0 radical (unpaired) electrons. The van der Waals surface area contributed by atoms with Crippen LogP contribution in [0.3, 0.4) is 0 Å². The second-order valence-electron chi connectivity index (χ2n) is 13.1. The zero-order valence-corrected chi connectivity index (χ0v) is 31.0. The summed E-state index contributed by atoms with van der Waals surface area (Å²) in [7, 11) is 0. The number of hydrogen-bond acceptors (Lipinski definition) is 7. The van der Waals surface area contributed by atoms with E-state index in [1.807, 2.05) is 55.2 Å².